The highest BCUT2D eigenvalue weighted by Gasteiger charge is 2.42. The molecule has 2 spiro atoms. The maximum atomic E-state index is 5.81. The van der Waals surface area contributed by atoms with Gasteiger partial charge in [0, 0.05) is 48.9 Å². The van der Waals surface area contributed by atoms with Gasteiger partial charge in [-0.2, -0.15) is 10.2 Å². The summed E-state index contributed by atoms with van der Waals surface area (Å²) in [5, 5.41) is 9.24. The van der Waals surface area contributed by atoms with Crippen molar-refractivity contribution in [1.29, 1.82) is 0 Å². The van der Waals surface area contributed by atoms with Gasteiger partial charge < -0.3 is 30.4 Å². The number of aromatic nitrogens is 4. The van der Waals surface area contributed by atoms with E-state index in [4.69, 9.17) is 35.5 Å². The Morgan fingerprint density at radius 3 is 1.86 bits per heavy atom. The topological polar surface area (TPSA) is 125 Å². The fourth-order valence-corrected chi connectivity index (χ4v) is 6.43. The van der Waals surface area contributed by atoms with E-state index in [2.05, 4.69) is 28.1 Å². The van der Waals surface area contributed by atoms with Crippen LogP contribution in [0.1, 0.15) is 46.5 Å². The lowest BCUT2D eigenvalue weighted by Crippen LogP contribution is -2.37. The standard InChI is InChI=1S/2C16H19N3O2/c17-14-3-1-12(2-4-14)11-19-15-5-6-16(20-7-8-21-16)9-13(15)10-18-19;17-14-3-1-12(2-4-14)10-19-11-13-9-16(20-7-8-21-16)6-5-15(13)18-19/h1-4,10H,5-9,11,17H2;1-4,11H,5-10,17H2. The molecule has 0 bridgehead atoms. The van der Waals surface area contributed by atoms with Crippen molar-refractivity contribution in [1.82, 2.24) is 19.6 Å². The minimum absolute atomic E-state index is 0.387. The number of rotatable bonds is 4. The third-order valence-corrected chi connectivity index (χ3v) is 8.63. The molecule has 0 atom stereocenters. The number of benzene rings is 2. The molecule has 8 rings (SSSR count). The highest BCUT2D eigenvalue weighted by Crippen LogP contribution is 2.36. The van der Waals surface area contributed by atoms with Crippen molar-refractivity contribution >= 4 is 11.4 Å². The van der Waals surface area contributed by atoms with Gasteiger partial charge in [-0.15, -0.1) is 0 Å². The minimum Gasteiger partial charge on any atom is -0.399 e. The number of nitrogens with two attached hydrogens (primary N) is 2. The maximum absolute atomic E-state index is 5.81. The molecule has 10 nitrogen and oxygen atoms in total. The smallest absolute Gasteiger partial charge is 0.172 e. The summed E-state index contributed by atoms with van der Waals surface area (Å²) in [6.07, 6.45) is 9.38. The molecule has 2 fully saturated rings. The SMILES string of the molecule is Nc1ccc(Cn2cc3c(n2)CCC2(C3)OCCO2)cc1.Nc1ccc(Cn2ncc3c2CCC2(C3)OCCO2)cc1. The summed E-state index contributed by atoms with van der Waals surface area (Å²) in [5.41, 5.74) is 20.4. The summed E-state index contributed by atoms with van der Waals surface area (Å²) in [5.74, 6) is -0.774. The van der Waals surface area contributed by atoms with Gasteiger partial charge in [0.2, 0.25) is 0 Å². The van der Waals surface area contributed by atoms with Crippen LogP contribution in [-0.2, 0) is 57.7 Å². The van der Waals surface area contributed by atoms with Crippen LogP contribution in [0.5, 0.6) is 0 Å². The third kappa shape index (κ3) is 5.67. The molecule has 4 heterocycles. The lowest BCUT2D eigenvalue weighted by Gasteiger charge is -2.31. The predicted octanol–water partition coefficient (Wildman–Crippen LogP) is 3.49. The molecule has 4 aliphatic rings. The first kappa shape index (κ1) is 27.2. The van der Waals surface area contributed by atoms with E-state index in [-0.39, 0.29) is 11.6 Å². The van der Waals surface area contributed by atoms with Gasteiger partial charge in [0.05, 0.1) is 51.4 Å². The molecule has 220 valence electrons. The van der Waals surface area contributed by atoms with Crippen LogP contribution in [0.3, 0.4) is 0 Å². The van der Waals surface area contributed by atoms with E-state index in [1.807, 2.05) is 47.3 Å². The number of fused-ring (bicyclic) bond motifs is 2. The van der Waals surface area contributed by atoms with Crippen LogP contribution in [0.2, 0.25) is 0 Å². The molecule has 0 amide bonds. The van der Waals surface area contributed by atoms with Gasteiger partial charge in [-0.3, -0.25) is 9.36 Å². The molecule has 4 aromatic rings. The Bertz CT molecular complexity index is 1500. The van der Waals surface area contributed by atoms with Gasteiger partial charge in [-0.25, -0.2) is 0 Å². The molecule has 2 aliphatic carbocycles. The minimum atomic E-state index is -0.387. The van der Waals surface area contributed by atoms with Crippen LogP contribution in [-0.4, -0.2) is 57.6 Å². The lowest BCUT2D eigenvalue weighted by atomic mass is 9.92. The summed E-state index contributed by atoms with van der Waals surface area (Å²) < 4.78 is 27.3. The number of hydrogen-bond acceptors (Lipinski definition) is 8. The molecular formula is C32H38N6O4. The summed E-state index contributed by atoms with van der Waals surface area (Å²) in [6, 6.07) is 15.9. The number of aryl methyl sites for hydroxylation is 1. The van der Waals surface area contributed by atoms with Gasteiger partial charge in [0.15, 0.2) is 11.6 Å². The van der Waals surface area contributed by atoms with E-state index in [0.29, 0.717) is 26.4 Å². The summed E-state index contributed by atoms with van der Waals surface area (Å²) in [4.78, 5) is 0. The van der Waals surface area contributed by atoms with Crippen molar-refractivity contribution in [3.63, 3.8) is 0 Å². The molecule has 2 aromatic carbocycles. The number of hydrogen-bond donors (Lipinski definition) is 2. The van der Waals surface area contributed by atoms with Crippen molar-refractivity contribution in [2.75, 3.05) is 37.9 Å². The highest BCUT2D eigenvalue weighted by molar-refractivity contribution is 5.40. The molecule has 2 aromatic heterocycles. The average molecular weight is 571 g/mol. The normalized spacial score (nSPS) is 19.8. The third-order valence-electron chi connectivity index (χ3n) is 8.63. The lowest BCUT2D eigenvalue weighted by molar-refractivity contribution is -0.164. The van der Waals surface area contributed by atoms with Gasteiger partial charge in [-0.1, -0.05) is 24.3 Å². The van der Waals surface area contributed by atoms with Gasteiger partial charge in [0.25, 0.3) is 0 Å². The fraction of sp³-hybridized carbons (Fsp3) is 0.438. The Balaban J connectivity index is 0.000000137. The zero-order valence-corrected chi connectivity index (χ0v) is 23.8. The Labute approximate surface area is 245 Å². The quantitative estimate of drug-likeness (QED) is 0.358. The first-order chi connectivity index (χ1) is 20.5. The van der Waals surface area contributed by atoms with Crippen molar-refractivity contribution in [2.24, 2.45) is 0 Å². The van der Waals surface area contributed by atoms with E-state index >= 15 is 0 Å². The molecule has 0 saturated carbocycles. The van der Waals surface area contributed by atoms with Gasteiger partial charge >= 0.3 is 0 Å². The van der Waals surface area contributed by atoms with E-state index in [0.717, 1.165) is 63.0 Å². The number of nitrogen functional groups attached to an aromatic ring is 2. The molecular weight excluding hydrogens is 532 g/mol. The number of nitrogens with zero attached hydrogens (tertiary/aromatic N) is 4. The molecule has 2 aliphatic heterocycles. The van der Waals surface area contributed by atoms with E-state index in [9.17, 15) is 0 Å². The summed E-state index contributed by atoms with van der Waals surface area (Å²) in [6.45, 7) is 4.36. The Hall–Kier alpha value is -3.70. The average Bonchev–Trinajstić information content (AvgIpc) is 3.80. The number of anilines is 2. The molecule has 42 heavy (non-hydrogen) atoms. The molecule has 10 heteroatoms. The van der Waals surface area contributed by atoms with Crippen LogP contribution in [0, 0.1) is 0 Å². The maximum Gasteiger partial charge on any atom is 0.172 e. The first-order valence-corrected chi connectivity index (χ1v) is 14.8. The van der Waals surface area contributed by atoms with Crippen LogP contribution in [0.25, 0.3) is 0 Å². The van der Waals surface area contributed by atoms with Crippen molar-refractivity contribution in [3.05, 3.63) is 94.6 Å². The van der Waals surface area contributed by atoms with E-state index < -0.39 is 0 Å². The second kappa shape index (κ2) is 11.2. The Morgan fingerprint density at radius 2 is 1.24 bits per heavy atom. The zero-order chi connectivity index (χ0) is 28.6. The second-order valence-electron chi connectivity index (χ2n) is 11.6. The second-order valence-corrected chi connectivity index (χ2v) is 11.6. The largest absolute Gasteiger partial charge is 0.399 e. The number of ether oxygens (including phenoxy) is 4. The van der Waals surface area contributed by atoms with Gasteiger partial charge in [-0.05, 0) is 59.4 Å². The summed E-state index contributed by atoms with van der Waals surface area (Å²) >= 11 is 0. The van der Waals surface area contributed by atoms with Crippen molar-refractivity contribution in [3.8, 4) is 0 Å². The van der Waals surface area contributed by atoms with Crippen molar-refractivity contribution < 1.29 is 18.9 Å². The molecule has 0 radical (unpaired) electrons. The van der Waals surface area contributed by atoms with Crippen LogP contribution in [0.15, 0.2) is 60.9 Å². The monoisotopic (exact) mass is 570 g/mol. The molecule has 2 saturated heterocycles. The zero-order valence-electron chi connectivity index (χ0n) is 23.8. The molecule has 4 N–H and O–H groups in total. The molecule has 0 unspecified atom stereocenters. The van der Waals surface area contributed by atoms with E-state index in [1.54, 1.807) is 0 Å². The Kier molecular flexibility index (Phi) is 7.23. The predicted molar refractivity (Wildman–Crippen MR) is 158 cm³/mol. The van der Waals surface area contributed by atoms with E-state index in [1.165, 1.54) is 33.6 Å². The summed E-state index contributed by atoms with van der Waals surface area (Å²) in [7, 11) is 0. The first-order valence-electron chi connectivity index (χ1n) is 14.8. The highest BCUT2D eigenvalue weighted by atomic mass is 16.7. The van der Waals surface area contributed by atoms with Crippen LogP contribution in [0.4, 0.5) is 11.4 Å². The Morgan fingerprint density at radius 1 is 0.690 bits per heavy atom. The van der Waals surface area contributed by atoms with Crippen molar-refractivity contribution in [2.45, 2.75) is 63.2 Å². The van der Waals surface area contributed by atoms with Gasteiger partial charge in [0.1, 0.15) is 0 Å². The fourth-order valence-electron chi connectivity index (χ4n) is 6.43. The van der Waals surface area contributed by atoms with Crippen LogP contribution >= 0.6 is 0 Å². The van der Waals surface area contributed by atoms with Crippen LogP contribution < -0.4 is 11.5 Å².